The van der Waals surface area contributed by atoms with Gasteiger partial charge in [-0.1, -0.05) is 36.4 Å². The molecule has 1 saturated heterocycles. The monoisotopic (exact) mass is 510 g/mol. The molecule has 0 unspecified atom stereocenters. The van der Waals surface area contributed by atoms with Crippen LogP contribution in [0.1, 0.15) is 33.3 Å². The van der Waals surface area contributed by atoms with Crippen molar-refractivity contribution in [3.63, 3.8) is 0 Å². The number of amidine groups is 2. The van der Waals surface area contributed by atoms with E-state index in [0.29, 0.717) is 18.0 Å². The van der Waals surface area contributed by atoms with Crippen LogP contribution in [0.5, 0.6) is 5.75 Å². The first kappa shape index (κ1) is 26.9. The number of hydrogen-bond donors (Lipinski definition) is 3. The summed E-state index contributed by atoms with van der Waals surface area (Å²) < 4.78 is 17.5. The molecule has 0 bridgehead atoms. The number of nitrogens with one attached hydrogen (secondary N) is 2. The Labute approximate surface area is 223 Å². The first-order valence-corrected chi connectivity index (χ1v) is 12.2. The smallest absolute Gasteiger partial charge is 0.440 e. The van der Waals surface area contributed by atoms with Crippen molar-refractivity contribution in [1.29, 1.82) is 10.8 Å². The van der Waals surface area contributed by atoms with Crippen LogP contribution in [-0.2, 0) is 15.7 Å². The Hall–Kier alpha value is -4.15. The molecule has 38 heavy (non-hydrogen) atoms. The summed E-state index contributed by atoms with van der Waals surface area (Å²) in [6, 6.07) is 16.7. The number of rotatable bonds is 7. The molecule has 3 aromatic rings. The van der Waals surface area contributed by atoms with E-state index in [1.54, 1.807) is 24.5 Å². The molecule has 4 rings (SSSR count). The first-order valence-electron chi connectivity index (χ1n) is 12.2. The zero-order chi connectivity index (χ0) is 27.3. The quantitative estimate of drug-likeness (QED) is 0.250. The highest BCUT2D eigenvalue weighted by atomic mass is 16.7. The first-order chi connectivity index (χ1) is 18.0. The number of nitrogens with zero attached hydrogens (tertiary/aromatic N) is 3. The highest BCUT2D eigenvalue weighted by molar-refractivity contribution is 6.61. The fourth-order valence-corrected chi connectivity index (χ4v) is 3.65. The average Bonchev–Trinajstić information content (AvgIpc) is 3.10. The molecule has 9 nitrogen and oxygen atoms in total. The van der Waals surface area contributed by atoms with Crippen molar-refractivity contribution in [2.24, 2.45) is 10.7 Å². The van der Waals surface area contributed by atoms with E-state index in [9.17, 15) is 0 Å². The molecular weight excluding hydrogens is 479 g/mol. The maximum Gasteiger partial charge on any atom is 0.498 e. The Morgan fingerprint density at radius 3 is 2.29 bits per heavy atom. The Morgan fingerprint density at radius 1 is 0.974 bits per heavy atom. The molecule has 0 amide bonds. The van der Waals surface area contributed by atoms with Gasteiger partial charge < -0.3 is 19.8 Å². The lowest BCUT2D eigenvalue weighted by atomic mass is 9.81. The highest BCUT2D eigenvalue weighted by Gasteiger charge is 2.51. The van der Waals surface area contributed by atoms with Gasteiger partial charge in [-0.05, 0) is 57.5 Å². The van der Waals surface area contributed by atoms with Crippen LogP contribution in [0.4, 0.5) is 0 Å². The topological polar surface area (TPSA) is 140 Å². The van der Waals surface area contributed by atoms with Crippen molar-refractivity contribution in [1.82, 2.24) is 9.97 Å². The third kappa shape index (κ3) is 6.59. The number of para-hydroxylation sites is 1. The third-order valence-electron chi connectivity index (χ3n) is 6.40. The largest absolute Gasteiger partial charge is 0.498 e. The zero-order valence-electron chi connectivity index (χ0n) is 21.9. The van der Waals surface area contributed by atoms with Crippen molar-refractivity contribution < 1.29 is 14.0 Å². The second kappa shape index (κ2) is 11.1. The summed E-state index contributed by atoms with van der Waals surface area (Å²) >= 11 is 0. The maximum absolute atomic E-state index is 8.03. The van der Waals surface area contributed by atoms with E-state index in [2.05, 4.69) is 15.0 Å². The molecule has 2 aromatic carbocycles. The standard InChI is InChI=1S/C28H31BN6O3/c1-27(2)28(3,4)38-29(37-27)21-17-33-26(34-18-21)20-10-8-9-19(15-20)16-24(31)35-23(30)13-14-25(32)36-22-11-6-5-7-12-22/h5-15,17-18,32H,16H2,1-4H3,(H3,30,31,35). The van der Waals surface area contributed by atoms with Crippen molar-refractivity contribution in [3.05, 3.63) is 84.7 Å². The minimum atomic E-state index is -0.519. The van der Waals surface area contributed by atoms with Crippen LogP contribution in [0, 0.1) is 10.8 Å². The van der Waals surface area contributed by atoms with Gasteiger partial charge in [0.15, 0.2) is 5.82 Å². The molecule has 0 atom stereocenters. The highest BCUT2D eigenvalue weighted by Crippen LogP contribution is 2.36. The number of ether oxygens (including phenoxy) is 1. The summed E-state index contributed by atoms with van der Waals surface area (Å²) in [6.45, 7) is 8.02. The van der Waals surface area contributed by atoms with E-state index >= 15 is 0 Å². The molecule has 194 valence electrons. The summed E-state index contributed by atoms with van der Waals surface area (Å²) in [6.07, 6.45) is 6.51. The van der Waals surface area contributed by atoms with Crippen LogP contribution < -0.4 is 15.9 Å². The molecule has 1 aliphatic heterocycles. The fraction of sp³-hybridized carbons (Fsp3) is 0.250. The molecule has 0 radical (unpaired) electrons. The molecule has 1 aliphatic rings. The van der Waals surface area contributed by atoms with Gasteiger partial charge in [-0.3, -0.25) is 10.8 Å². The fourth-order valence-electron chi connectivity index (χ4n) is 3.65. The Morgan fingerprint density at radius 2 is 1.63 bits per heavy atom. The van der Waals surface area contributed by atoms with E-state index < -0.39 is 18.3 Å². The minimum absolute atomic E-state index is 0.0818. The van der Waals surface area contributed by atoms with Gasteiger partial charge in [0, 0.05) is 35.9 Å². The van der Waals surface area contributed by atoms with E-state index in [1.807, 2.05) is 70.2 Å². The average molecular weight is 510 g/mol. The molecule has 0 saturated carbocycles. The van der Waals surface area contributed by atoms with Gasteiger partial charge >= 0.3 is 7.12 Å². The van der Waals surface area contributed by atoms with Crippen LogP contribution >= 0.6 is 0 Å². The third-order valence-corrected chi connectivity index (χ3v) is 6.40. The number of aliphatic imine (C=N–C) groups is 1. The molecule has 2 heterocycles. The van der Waals surface area contributed by atoms with Crippen molar-refractivity contribution >= 4 is 30.2 Å². The van der Waals surface area contributed by atoms with Gasteiger partial charge in [-0.25, -0.2) is 15.0 Å². The van der Waals surface area contributed by atoms with Gasteiger partial charge in [0.1, 0.15) is 17.4 Å². The predicted molar refractivity (Wildman–Crippen MR) is 150 cm³/mol. The van der Waals surface area contributed by atoms with Crippen molar-refractivity contribution in [3.8, 4) is 17.1 Å². The Bertz CT molecular complexity index is 1350. The van der Waals surface area contributed by atoms with E-state index in [1.165, 1.54) is 12.2 Å². The summed E-state index contributed by atoms with van der Waals surface area (Å²) in [4.78, 5) is 13.2. The molecular formula is C28H31BN6O3. The van der Waals surface area contributed by atoms with Crippen LogP contribution in [0.2, 0.25) is 0 Å². The SMILES string of the molecule is CC1(C)OB(c2cnc(-c3cccc(CC(N)=NC(=N)C=CC(=N)Oc4ccccc4)c3)nc2)OC1(C)C. The summed E-state index contributed by atoms with van der Waals surface area (Å²) in [7, 11) is -0.519. The van der Waals surface area contributed by atoms with Crippen LogP contribution in [0.15, 0.2) is 84.1 Å². The summed E-state index contributed by atoms with van der Waals surface area (Å²) in [5.74, 6) is 1.19. The van der Waals surface area contributed by atoms with Crippen LogP contribution in [0.3, 0.4) is 0 Å². The van der Waals surface area contributed by atoms with Gasteiger partial charge in [0.25, 0.3) is 0 Å². The van der Waals surface area contributed by atoms with Gasteiger partial charge in [-0.15, -0.1) is 0 Å². The Kier molecular flexibility index (Phi) is 7.84. The van der Waals surface area contributed by atoms with E-state index in [4.69, 9.17) is 30.6 Å². The Balaban J connectivity index is 1.37. The number of aromatic nitrogens is 2. The molecule has 10 heteroatoms. The number of nitrogens with two attached hydrogens (primary N) is 1. The van der Waals surface area contributed by atoms with Crippen LogP contribution in [-0.4, -0.2) is 45.9 Å². The van der Waals surface area contributed by atoms with Gasteiger partial charge in [0.2, 0.25) is 5.90 Å². The number of hydrogen-bond acceptors (Lipinski definition) is 7. The lowest BCUT2D eigenvalue weighted by Crippen LogP contribution is -2.41. The second-order valence-electron chi connectivity index (χ2n) is 9.91. The van der Waals surface area contributed by atoms with Crippen molar-refractivity contribution in [2.75, 3.05) is 0 Å². The van der Waals surface area contributed by atoms with E-state index in [0.717, 1.165) is 16.6 Å². The lowest BCUT2D eigenvalue weighted by Gasteiger charge is -2.32. The maximum atomic E-state index is 8.03. The van der Waals surface area contributed by atoms with Gasteiger partial charge in [-0.2, -0.15) is 0 Å². The molecule has 1 fully saturated rings. The molecule has 0 aliphatic carbocycles. The zero-order valence-corrected chi connectivity index (χ0v) is 21.9. The molecule has 1 aromatic heterocycles. The van der Waals surface area contributed by atoms with Crippen molar-refractivity contribution in [2.45, 2.75) is 45.3 Å². The summed E-state index contributed by atoms with van der Waals surface area (Å²) in [5.41, 5.74) is 7.71. The normalized spacial score (nSPS) is 16.5. The van der Waals surface area contributed by atoms with Gasteiger partial charge in [0.05, 0.1) is 11.2 Å². The van der Waals surface area contributed by atoms with Crippen LogP contribution in [0.25, 0.3) is 11.4 Å². The number of benzene rings is 2. The molecule has 4 N–H and O–H groups in total. The second-order valence-corrected chi connectivity index (χ2v) is 9.91. The minimum Gasteiger partial charge on any atom is -0.440 e. The summed E-state index contributed by atoms with van der Waals surface area (Å²) in [5, 5.41) is 15.9. The molecule has 0 spiro atoms. The lowest BCUT2D eigenvalue weighted by molar-refractivity contribution is 0.00578. The predicted octanol–water partition coefficient (Wildman–Crippen LogP) is 3.93. The van der Waals surface area contributed by atoms with E-state index in [-0.39, 0.29) is 17.6 Å².